The Balaban J connectivity index is 1.85. The smallest absolute Gasteiger partial charge is 0.335 e. The van der Waals surface area contributed by atoms with Crippen LogP contribution in [0.4, 0.5) is 0 Å². The summed E-state index contributed by atoms with van der Waals surface area (Å²) in [6.07, 6.45) is 4.02. The molecule has 4 aromatic rings. The maximum absolute atomic E-state index is 11.3. The summed E-state index contributed by atoms with van der Waals surface area (Å²) in [6, 6.07) is 33.4. The molecule has 0 bridgehead atoms. The number of allylic oxidation sites excluding steroid dienone is 2. The third-order valence-corrected chi connectivity index (χ3v) is 5.47. The van der Waals surface area contributed by atoms with Gasteiger partial charge in [0, 0.05) is 0 Å². The molecular weight excluding hydrogens is 424 g/mol. The third-order valence-electron chi connectivity index (χ3n) is 5.47. The molecule has 0 unspecified atom stereocenters. The Kier molecular flexibility index (Phi) is 6.80. The van der Waals surface area contributed by atoms with Gasteiger partial charge in [-0.05, 0) is 57.7 Å². The van der Waals surface area contributed by atoms with E-state index in [2.05, 4.69) is 0 Å². The number of carboxylic acid groups (broad SMARTS) is 2. The van der Waals surface area contributed by atoms with Gasteiger partial charge in [-0.3, -0.25) is 0 Å². The number of carbonyl (C=O) groups is 2. The SMILES string of the molecule is O=C(O)c1ccc(/C(=C/C=C(\c2ccccc2)c2ccc(C(=O)O)cc2)c2ccccc2)cc1. The molecule has 0 fully saturated rings. The van der Waals surface area contributed by atoms with E-state index in [1.807, 2.05) is 72.8 Å². The number of hydrogen-bond donors (Lipinski definition) is 2. The summed E-state index contributed by atoms with van der Waals surface area (Å²) in [5, 5.41) is 18.5. The predicted octanol–water partition coefficient (Wildman–Crippen LogP) is 6.65. The Morgan fingerprint density at radius 2 is 0.676 bits per heavy atom. The van der Waals surface area contributed by atoms with E-state index in [-0.39, 0.29) is 11.1 Å². The molecule has 34 heavy (non-hydrogen) atoms. The topological polar surface area (TPSA) is 74.6 Å². The molecule has 4 aromatic carbocycles. The third kappa shape index (κ3) is 5.19. The average Bonchev–Trinajstić information content (AvgIpc) is 2.88. The molecule has 4 heteroatoms. The van der Waals surface area contributed by atoms with Crippen LogP contribution in [-0.2, 0) is 0 Å². The first-order chi connectivity index (χ1) is 16.5. The van der Waals surface area contributed by atoms with Gasteiger partial charge in [0.1, 0.15) is 0 Å². The largest absolute Gasteiger partial charge is 0.478 e. The molecular formula is C30H22O4. The van der Waals surface area contributed by atoms with Gasteiger partial charge in [-0.1, -0.05) is 97.1 Å². The summed E-state index contributed by atoms with van der Waals surface area (Å²) >= 11 is 0. The zero-order chi connectivity index (χ0) is 23.9. The Labute approximate surface area is 197 Å². The fraction of sp³-hybridized carbons (Fsp3) is 0. The lowest BCUT2D eigenvalue weighted by Crippen LogP contribution is -1.97. The van der Waals surface area contributed by atoms with Crippen molar-refractivity contribution in [2.75, 3.05) is 0 Å². The van der Waals surface area contributed by atoms with Gasteiger partial charge in [-0.25, -0.2) is 9.59 Å². The number of hydrogen-bond acceptors (Lipinski definition) is 2. The van der Waals surface area contributed by atoms with Crippen LogP contribution < -0.4 is 0 Å². The number of benzene rings is 4. The normalized spacial score (nSPS) is 11.8. The van der Waals surface area contributed by atoms with Crippen LogP contribution in [0.5, 0.6) is 0 Å². The first-order valence-corrected chi connectivity index (χ1v) is 10.7. The number of rotatable bonds is 7. The summed E-state index contributed by atoms with van der Waals surface area (Å²) in [4.78, 5) is 22.6. The van der Waals surface area contributed by atoms with Crippen molar-refractivity contribution in [2.24, 2.45) is 0 Å². The second kappa shape index (κ2) is 10.3. The van der Waals surface area contributed by atoms with E-state index in [0.717, 1.165) is 33.4 Å². The molecule has 0 amide bonds. The molecule has 4 nitrogen and oxygen atoms in total. The fourth-order valence-corrected chi connectivity index (χ4v) is 3.71. The Hall–Kier alpha value is -4.70. The van der Waals surface area contributed by atoms with Gasteiger partial charge in [-0.2, -0.15) is 0 Å². The highest BCUT2D eigenvalue weighted by atomic mass is 16.4. The molecule has 0 spiro atoms. The predicted molar refractivity (Wildman–Crippen MR) is 134 cm³/mol. The standard InChI is InChI=1S/C30H22O4/c31-29(32)25-15-11-23(12-16-25)27(21-7-3-1-4-8-21)19-20-28(22-9-5-2-6-10-22)24-13-17-26(18-14-24)30(33)34/h1-20H,(H,31,32)(H,33,34)/b27-19+,28-20+. The first kappa shape index (κ1) is 22.5. The molecule has 0 saturated heterocycles. The van der Waals surface area contributed by atoms with E-state index in [4.69, 9.17) is 0 Å². The van der Waals surface area contributed by atoms with Crippen molar-refractivity contribution in [1.29, 1.82) is 0 Å². The Bertz CT molecular complexity index is 1240. The van der Waals surface area contributed by atoms with Gasteiger partial charge < -0.3 is 10.2 Å². The van der Waals surface area contributed by atoms with Crippen LogP contribution in [0, 0.1) is 0 Å². The van der Waals surface area contributed by atoms with Gasteiger partial charge in [0.25, 0.3) is 0 Å². The number of carboxylic acids is 2. The van der Waals surface area contributed by atoms with Crippen LogP contribution >= 0.6 is 0 Å². The second-order valence-corrected chi connectivity index (χ2v) is 7.66. The van der Waals surface area contributed by atoms with Crippen molar-refractivity contribution in [1.82, 2.24) is 0 Å². The van der Waals surface area contributed by atoms with E-state index in [9.17, 15) is 19.8 Å². The van der Waals surface area contributed by atoms with E-state index < -0.39 is 11.9 Å². The van der Waals surface area contributed by atoms with Crippen LogP contribution in [-0.4, -0.2) is 22.2 Å². The molecule has 0 radical (unpaired) electrons. The van der Waals surface area contributed by atoms with Gasteiger partial charge in [0.15, 0.2) is 0 Å². The molecule has 0 saturated carbocycles. The first-order valence-electron chi connectivity index (χ1n) is 10.7. The highest BCUT2D eigenvalue weighted by Gasteiger charge is 2.10. The lowest BCUT2D eigenvalue weighted by atomic mass is 9.93. The van der Waals surface area contributed by atoms with Crippen LogP contribution in [0.2, 0.25) is 0 Å². The van der Waals surface area contributed by atoms with Gasteiger partial charge in [0.2, 0.25) is 0 Å². The molecule has 2 N–H and O–H groups in total. The fourth-order valence-electron chi connectivity index (χ4n) is 3.71. The van der Waals surface area contributed by atoms with Crippen LogP contribution in [0.15, 0.2) is 121 Å². The Morgan fingerprint density at radius 3 is 0.971 bits per heavy atom. The minimum atomic E-state index is -0.965. The van der Waals surface area contributed by atoms with Crippen molar-refractivity contribution in [3.63, 3.8) is 0 Å². The quantitative estimate of drug-likeness (QED) is 0.312. The number of aromatic carboxylic acids is 2. The van der Waals surface area contributed by atoms with E-state index in [1.54, 1.807) is 48.5 Å². The van der Waals surface area contributed by atoms with Crippen molar-refractivity contribution in [3.05, 3.63) is 155 Å². The van der Waals surface area contributed by atoms with Gasteiger partial charge >= 0.3 is 11.9 Å². The van der Waals surface area contributed by atoms with Crippen LogP contribution in [0.3, 0.4) is 0 Å². The summed E-state index contributed by atoms with van der Waals surface area (Å²) in [6.45, 7) is 0. The van der Waals surface area contributed by atoms with Crippen molar-refractivity contribution >= 4 is 23.1 Å². The molecule has 0 aromatic heterocycles. The van der Waals surface area contributed by atoms with Crippen molar-refractivity contribution < 1.29 is 19.8 Å². The molecule has 0 atom stereocenters. The minimum Gasteiger partial charge on any atom is -0.478 e. The average molecular weight is 447 g/mol. The summed E-state index contributed by atoms with van der Waals surface area (Å²) < 4.78 is 0. The van der Waals surface area contributed by atoms with E-state index >= 15 is 0 Å². The highest BCUT2D eigenvalue weighted by molar-refractivity contribution is 5.91. The van der Waals surface area contributed by atoms with Gasteiger partial charge in [0.05, 0.1) is 11.1 Å². The van der Waals surface area contributed by atoms with E-state index in [0.29, 0.717) is 0 Å². The summed E-state index contributed by atoms with van der Waals surface area (Å²) in [7, 11) is 0. The summed E-state index contributed by atoms with van der Waals surface area (Å²) in [5.41, 5.74) is 6.11. The van der Waals surface area contributed by atoms with E-state index in [1.165, 1.54) is 0 Å². The van der Waals surface area contributed by atoms with Gasteiger partial charge in [-0.15, -0.1) is 0 Å². The molecule has 0 aliphatic rings. The van der Waals surface area contributed by atoms with Crippen LogP contribution in [0.25, 0.3) is 11.1 Å². The molecule has 0 heterocycles. The zero-order valence-corrected chi connectivity index (χ0v) is 18.3. The molecule has 166 valence electrons. The lowest BCUT2D eigenvalue weighted by molar-refractivity contribution is 0.0686. The zero-order valence-electron chi connectivity index (χ0n) is 18.3. The molecule has 0 aliphatic carbocycles. The lowest BCUT2D eigenvalue weighted by Gasteiger charge is -2.11. The summed E-state index contributed by atoms with van der Waals surface area (Å²) in [5.74, 6) is -1.93. The maximum atomic E-state index is 11.3. The van der Waals surface area contributed by atoms with Crippen LogP contribution in [0.1, 0.15) is 43.0 Å². The molecule has 0 aliphatic heterocycles. The minimum absolute atomic E-state index is 0.232. The Morgan fingerprint density at radius 1 is 0.412 bits per heavy atom. The van der Waals surface area contributed by atoms with Crippen molar-refractivity contribution in [2.45, 2.75) is 0 Å². The maximum Gasteiger partial charge on any atom is 0.335 e. The van der Waals surface area contributed by atoms with Crippen molar-refractivity contribution in [3.8, 4) is 0 Å². The second-order valence-electron chi connectivity index (χ2n) is 7.66. The monoisotopic (exact) mass is 446 g/mol. The molecule has 4 rings (SSSR count). The highest BCUT2D eigenvalue weighted by Crippen LogP contribution is 2.28.